The first-order valence-corrected chi connectivity index (χ1v) is 8.74. The largest absolute Gasteiger partial charge is 0.256 e. The summed E-state index contributed by atoms with van der Waals surface area (Å²) in [5, 5.41) is 1.21. The highest BCUT2D eigenvalue weighted by Crippen LogP contribution is 2.50. The van der Waals surface area contributed by atoms with Crippen LogP contribution in [0.25, 0.3) is 33.2 Å². The molecule has 0 fully saturated rings. The van der Waals surface area contributed by atoms with Crippen LogP contribution in [0.2, 0.25) is 0 Å². The molecule has 1 aliphatic rings. The molecular weight excluding hydrogens is 302 g/mol. The third-order valence-electron chi connectivity index (χ3n) is 5.51. The van der Waals surface area contributed by atoms with Crippen LogP contribution in [0, 0.1) is 0 Å². The molecule has 1 aliphatic carbocycles. The van der Waals surface area contributed by atoms with Gasteiger partial charge in [-0.15, -0.1) is 0 Å². The molecular formula is C24H19N. The van der Waals surface area contributed by atoms with E-state index in [2.05, 4.69) is 85.6 Å². The van der Waals surface area contributed by atoms with E-state index in [0.29, 0.717) is 0 Å². The highest BCUT2D eigenvalue weighted by Gasteiger charge is 2.35. The van der Waals surface area contributed by atoms with Gasteiger partial charge in [0.2, 0.25) is 0 Å². The van der Waals surface area contributed by atoms with Crippen molar-refractivity contribution in [1.82, 2.24) is 4.98 Å². The Balaban J connectivity index is 1.76. The van der Waals surface area contributed by atoms with Crippen molar-refractivity contribution in [3.8, 4) is 22.3 Å². The molecule has 0 unspecified atom stereocenters. The average Bonchev–Trinajstić information content (AvgIpc) is 2.88. The second-order valence-corrected chi connectivity index (χ2v) is 7.35. The normalized spacial score (nSPS) is 14.3. The maximum absolute atomic E-state index is 4.55. The average molecular weight is 321 g/mol. The van der Waals surface area contributed by atoms with Crippen LogP contribution in [-0.2, 0) is 5.41 Å². The number of aromatic nitrogens is 1. The molecule has 1 aromatic heterocycles. The van der Waals surface area contributed by atoms with Gasteiger partial charge in [0.05, 0.1) is 5.52 Å². The van der Waals surface area contributed by atoms with E-state index in [-0.39, 0.29) is 5.41 Å². The summed E-state index contributed by atoms with van der Waals surface area (Å²) in [4.78, 5) is 4.55. The molecule has 5 rings (SSSR count). The van der Waals surface area contributed by atoms with E-state index in [9.17, 15) is 0 Å². The smallest absolute Gasteiger partial charge is 0.0705 e. The minimum Gasteiger partial charge on any atom is -0.256 e. The van der Waals surface area contributed by atoms with Gasteiger partial charge in [-0.05, 0) is 57.6 Å². The van der Waals surface area contributed by atoms with Gasteiger partial charge in [-0.1, -0.05) is 62.4 Å². The summed E-state index contributed by atoms with van der Waals surface area (Å²) in [6.45, 7) is 4.64. The Bertz CT molecular complexity index is 1110. The first-order chi connectivity index (χ1) is 12.1. The Morgan fingerprint density at radius 3 is 2.32 bits per heavy atom. The van der Waals surface area contributed by atoms with Gasteiger partial charge >= 0.3 is 0 Å². The lowest BCUT2D eigenvalue weighted by molar-refractivity contribution is 0.661. The van der Waals surface area contributed by atoms with Crippen molar-refractivity contribution in [3.63, 3.8) is 0 Å². The number of hydrogen-bond acceptors (Lipinski definition) is 1. The third-order valence-corrected chi connectivity index (χ3v) is 5.51. The molecule has 120 valence electrons. The minimum absolute atomic E-state index is 0.0127. The molecule has 0 saturated heterocycles. The van der Waals surface area contributed by atoms with Crippen LogP contribution in [0.5, 0.6) is 0 Å². The fraction of sp³-hybridized carbons (Fsp3) is 0.125. The molecule has 0 amide bonds. The van der Waals surface area contributed by atoms with Gasteiger partial charge < -0.3 is 0 Å². The summed E-state index contributed by atoms with van der Waals surface area (Å²) < 4.78 is 0. The van der Waals surface area contributed by atoms with Crippen LogP contribution >= 0.6 is 0 Å². The zero-order chi connectivity index (χ0) is 17.0. The summed E-state index contributed by atoms with van der Waals surface area (Å²) in [5.74, 6) is 0. The van der Waals surface area contributed by atoms with Gasteiger partial charge in [0.1, 0.15) is 0 Å². The minimum atomic E-state index is -0.0127. The number of benzene rings is 3. The highest BCUT2D eigenvalue weighted by molar-refractivity contribution is 5.92. The highest BCUT2D eigenvalue weighted by atomic mass is 14.6. The molecule has 0 N–H and O–H groups in total. The molecule has 4 aromatic rings. The van der Waals surface area contributed by atoms with Gasteiger partial charge in [-0.2, -0.15) is 0 Å². The molecule has 0 atom stereocenters. The maximum atomic E-state index is 4.55. The zero-order valence-electron chi connectivity index (χ0n) is 14.5. The van der Waals surface area contributed by atoms with Crippen molar-refractivity contribution in [2.75, 3.05) is 0 Å². The van der Waals surface area contributed by atoms with Crippen LogP contribution in [-0.4, -0.2) is 4.98 Å². The quantitative estimate of drug-likeness (QED) is 0.406. The predicted octanol–water partition coefficient (Wildman–Crippen LogP) is 6.21. The van der Waals surface area contributed by atoms with Crippen molar-refractivity contribution >= 4 is 10.9 Å². The Kier molecular flexibility index (Phi) is 2.90. The summed E-state index contributed by atoms with van der Waals surface area (Å²) >= 11 is 0. The van der Waals surface area contributed by atoms with Crippen molar-refractivity contribution in [2.24, 2.45) is 0 Å². The Labute approximate surface area is 148 Å². The van der Waals surface area contributed by atoms with E-state index in [1.165, 1.54) is 38.8 Å². The van der Waals surface area contributed by atoms with Gasteiger partial charge in [0.15, 0.2) is 0 Å². The lowest BCUT2D eigenvalue weighted by Crippen LogP contribution is -2.15. The van der Waals surface area contributed by atoms with E-state index < -0.39 is 0 Å². The number of rotatable bonds is 1. The second kappa shape index (κ2) is 5.03. The first kappa shape index (κ1) is 14.4. The van der Waals surface area contributed by atoms with Crippen LogP contribution < -0.4 is 0 Å². The van der Waals surface area contributed by atoms with Gasteiger partial charge in [-0.3, -0.25) is 4.98 Å². The number of pyridine rings is 1. The van der Waals surface area contributed by atoms with Gasteiger partial charge in [0, 0.05) is 17.0 Å². The number of hydrogen-bond donors (Lipinski definition) is 0. The summed E-state index contributed by atoms with van der Waals surface area (Å²) in [6.07, 6.45) is 1.87. The van der Waals surface area contributed by atoms with Crippen LogP contribution in [0.1, 0.15) is 25.0 Å². The van der Waals surface area contributed by atoms with E-state index in [4.69, 9.17) is 0 Å². The zero-order valence-corrected chi connectivity index (χ0v) is 14.5. The van der Waals surface area contributed by atoms with Crippen molar-refractivity contribution in [2.45, 2.75) is 19.3 Å². The Hall–Kier alpha value is -2.93. The SMILES string of the molecule is CC1(C)c2cc(-c3ccccc3)ccc2-c2cc3cccnc3cc21. The van der Waals surface area contributed by atoms with E-state index in [1.54, 1.807) is 0 Å². The summed E-state index contributed by atoms with van der Waals surface area (Å²) in [5.41, 5.74) is 9.09. The molecule has 1 heteroatoms. The molecule has 3 aromatic carbocycles. The van der Waals surface area contributed by atoms with Crippen LogP contribution in [0.3, 0.4) is 0 Å². The van der Waals surface area contributed by atoms with E-state index in [1.807, 2.05) is 12.3 Å². The predicted molar refractivity (Wildman–Crippen MR) is 105 cm³/mol. The Morgan fingerprint density at radius 2 is 1.48 bits per heavy atom. The van der Waals surface area contributed by atoms with Crippen LogP contribution in [0.15, 0.2) is 79.0 Å². The topological polar surface area (TPSA) is 12.9 Å². The third kappa shape index (κ3) is 2.05. The van der Waals surface area contributed by atoms with E-state index in [0.717, 1.165) is 5.52 Å². The van der Waals surface area contributed by atoms with E-state index >= 15 is 0 Å². The molecule has 0 radical (unpaired) electrons. The molecule has 1 nitrogen and oxygen atoms in total. The van der Waals surface area contributed by atoms with Crippen molar-refractivity contribution in [3.05, 3.63) is 90.1 Å². The monoisotopic (exact) mass is 321 g/mol. The van der Waals surface area contributed by atoms with Gasteiger partial charge in [0.25, 0.3) is 0 Å². The van der Waals surface area contributed by atoms with Crippen molar-refractivity contribution < 1.29 is 0 Å². The summed E-state index contributed by atoms with van der Waals surface area (Å²) in [6, 6.07) is 26.2. The lowest BCUT2D eigenvalue weighted by atomic mass is 9.81. The lowest BCUT2D eigenvalue weighted by Gasteiger charge is -2.22. The molecule has 25 heavy (non-hydrogen) atoms. The van der Waals surface area contributed by atoms with Gasteiger partial charge in [-0.25, -0.2) is 0 Å². The van der Waals surface area contributed by atoms with Crippen LogP contribution in [0.4, 0.5) is 0 Å². The molecule has 0 bridgehead atoms. The number of nitrogens with zero attached hydrogens (tertiary/aromatic N) is 1. The van der Waals surface area contributed by atoms with Crippen molar-refractivity contribution in [1.29, 1.82) is 0 Å². The number of fused-ring (bicyclic) bond motifs is 4. The Morgan fingerprint density at radius 1 is 0.680 bits per heavy atom. The molecule has 1 heterocycles. The second-order valence-electron chi connectivity index (χ2n) is 7.35. The standard InChI is InChI=1S/C24H19N/c1-24(2)21-14-17(16-7-4-3-5-8-16)10-11-19(21)20-13-18-9-6-12-25-23(18)15-22(20)24/h3-15H,1-2H3. The molecule has 0 saturated carbocycles. The fourth-order valence-corrected chi connectivity index (χ4v) is 4.11. The maximum Gasteiger partial charge on any atom is 0.0705 e. The first-order valence-electron chi connectivity index (χ1n) is 8.74. The molecule has 0 spiro atoms. The molecule has 0 aliphatic heterocycles. The summed E-state index contributed by atoms with van der Waals surface area (Å²) in [7, 11) is 0. The fourth-order valence-electron chi connectivity index (χ4n) is 4.11.